The van der Waals surface area contributed by atoms with Gasteiger partial charge in [0.05, 0.1) is 0 Å². The highest BCUT2D eigenvalue weighted by molar-refractivity contribution is 5.60. The fraction of sp³-hybridized carbons (Fsp3) is 0.938. The zero-order chi connectivity index (χ0) is 13.0. The summed E-state index contributed by atoms with van der Waals surface area (Å²) < 4.78 is 0. The highest BCUT2D eigenvalue weighted by Gasteiger charge is 2.38. The lowest BCUT2D eigenvalue weighted by atomic mass is 9.70. The minimum absolute atomic E-state index is 0.0254. The summed E-state index contributed by atoms with van der Waals surface area (Å²) in [5, 5.41) is 0. The average molecular weight is 251 g/mol. The number of piperidine rings is 1. The van der Waals surface area contributed by atoms with Crippen molar-refractivity contribution in [1.82, 2.24) is 4.90 Å². The van der Waals surface area contributed by atoms with Crippen molar-refractivity contribution < 1.29 is 4.79 Å². The molecule has 3 unspecified atom stereocenters. The molecule has 0 N–H and O–H groups in total. The highest BCUT2D eigenvalue weighted by atomic mass is 16.1. The van der Waals surface area contributed by atoms with Crippen molar-refractivity contribution in [2.75, 3.05) is 13.1 Å². The van der Waals surface area contributed by atoms with Gasteiger partial charge in [0, 0.05) is 18.0 Å². The first-order valence-corrected chi connectivity index (χ1v) is 7.89. The lowest BCUT2D eigenvalue weighted by Crippen LogP contribution is -2.48. The molecule has 1 aliphatic heterocycles. The van der Waals surface area contributed by atoms with Crippen LogP contribution in [-0.2, 0) is 4.79 Å². The van der Waals surface area contributed by atoms with Crippen LogP contribution in [-0.4, -0.2) is 30.3 Å². The largest absolute Gasteiger partial charge is 0.303 e. The predicted molar refractivity (Wildman–Crippen MR) is 75.6 cm³/mol. The lowest BCUT2D eigenvalue weighted by molar-refractivity contribution is -0.120. The Kier molecular flexibility index (Phi) is 4.83. The van der Waals surface area contributed by atoms with E-state index in [1.807, 2.05) is 0 Å². The van der Waals surface area contributed by atoms with E-state index in [0.717, 1.165) is 31.3 Å². The molecule has 1 aliphatic carbocycles. The van der Waals surface area contributed by atoms with Crippen LogP contribution in [0.5, 0.6) is 0 Å². The van der Waals surface area contributed by atoms with Crippen molar-refractivity contribution in [2.45, 2.75) is 71.3 Å². The summed E-state index contributed by atoms with van der Waals surface area (Å²) in [6, 6.07) is 0.729. The van der Waals surface area contributed by atoms with Gasteiger partial charge >= 0.3 is 0 Å². The highest BCUT2D eigenvalue weighted by Crippen LogP contribution is 2.39. The summed E-state index contributed by atoms with van der Waals surface area (Å²) in [6.45, 7) is 6.84. The van der Waals surface area contributed by atoms with Gasteiger partial charge in [-0.25, -0.2) is 0 Å². The van der Waals surface area contributed by atoms with E-state index in [0.29, 0.717) is 0 Å². The van der Waals surface area contributed by atoms with Gasteiger partial charge in [0.2, 0.25) is 0 Å². The monoisotopic (exact) mass is 251 g/mol. The number of carbonyl (C=O) groups excluding carboxylic acids is 1. The fourth-order valence-electron chi connectivity index (χ4n) is 4.12. The molecule has 18 heavy (non-hydrogen) atoms. The van der Waals surface area contributed by atoms with E-state index in [9.17, 15) is 4.79 Å². The third-order valence-corrected chi connectivity index (χ3v) is 5.11. The maximum Gasteiger partial charge on any atom is 0.127 e. The lowest BCUT2D eigenvalue weighted by Gasteiger charge is -2.43. The van der Waals surface area contributed by atoms with Crippen molar-refractivity contribution in [1.29, 1.82) is 0 Å². The van der Waals surface area contributed by atoms with Crippen LogP contribution >= 0.6 is 0 Å². The van der Waals surface area contributed by atoms with Crippen molar-refractivity contribution >= 4 is 6.29 Å². The Morgan fingerprint density at radius 3 is 2.78 bits per heavy atom. The summed E-state index contributed by atoms with van der Waals surface area (Å²) >= 11 is 0. The van der Waals surface area contributed by atoms with E-state index in [2.05, 4.69) is 18.7 Å². The second-order valence-electron chi connectivity index (χ2n) is 6.71. The molecule has 1 saturated carbocycles. The minimum atomic E-state index is -0.0254. The van der Waals surface area contributed by atoms with Crippen LogP contribution in [0, 0.1) is 11.3 Å². The number of nitrogens with zero attached hydrogens (tertiary/aromatic N) is 1. The van der Waals surface area contributed by atoms with Crippen LogP contribution in [0.2, 0.25) is 0 Å². The Morgan fingerprint density at radius 1 is 1.28 bits per heavy atom. The van der Waals surface area contributed by atoms with Gasteiger partial charge in [-0.3, -0.25) is 4.90 Å². The second-order valence-corrected chi connectivity index (χ2v) is 6.71. The van der Waals surface area contributed by atoms with Gasteiger partial charge in [-0.2, -0.15) is 0 Å². The Balaban J connectivity index is 2.01. The molecule has 0 aromatic carbocycles. The van der Waals surface area contributed by atoms with Gasteiger partial charge in [-0.15, -0.1) is 0 Å². The molecule has 0 radical (unpaired) electrons. The van der Waals surface area contributed by atoms with Crippen molar-refractivity contribution in [3.05, 3.63) is 0 Å². The van der Waals surface area contributed by atoms with E-state index in [1.54, 1.807) is 0 Å². The molecule has 1 saturated heterocycles. The SMILES string of the molecule is CCC1CCCCN1CC1(C=O)CCCC(C)C1. The normalized spacial score (nSPS) is 38.6. The molecule has 0 bridgehead atoms. The fourth-order valence-corrected chi connectivity index (χ4v) is 4.12. The van der Waals surface area contributed by atoms with Gasteiger partial charge in [0.1, 0.15) is 6.29 Å². The summed E-state index contributed by atoms with van der Waals surface area (Å²) in [4.78, 5) is 14.3. The number of hydrogen-bond donors (Lipinski definition) is 0. The number of likely N-dealkylation sites (tertiary alicyclic amines) is 1. The van der Waals surface area contributed by atoms with Crippen LogP contribution in [0.25, 0.3) is 0 Å². The number of hydrogen-bond acceptors (Lipinski definition) is 2. The van der Waals surface area contributed by atoms with Crippen molar-refractivity contribution in [3.8, 4) is 0 Å². The minimum Gasteiger partial charge on any atom is -0.303 e. The topological polar surface area (TPSA) is 20.3 Å². The van der Waals surface area contributed by atoms with Crippen molar-refractivity contribution in [2.24, 2.45) is 11.3 Å². The molecule has 2 heteroatoms. The number of aldehydes is 1. The van der Waals surface area contributed by atoms with Crippen molar-refractivity contribution in [3.63, 3.8) is 0 Å². The molecule has 0 aromatic rings. The van der Waals surface area contributed by atoms with Crippen LogP contribution < -0.4 is 0 Å². The quantitative estimate of drug-likeness (QED) is 0.711. The van der Waals surface area contributed by atoms with Crippen LogP contribution in [0.4, 0.5) is 0 Å². The standard InChI is InChI=1S/C16H29NO/c1-3-15-8-4-5-10-17(15)12-16(13-18)9-6-7-14(2)11-16/h13-15H,3-12H2,1-2H3. The van der Waals surface area contributed by atoms with Gasteiger partial charge in [0.15, 0.2) is 0 Å². The molecule has 3 atom stereocenters. The smallest absolute Gasteiger partial charge is 0.127 e. The van der Waals surface area contributed by atoms with E-state index >= 15 is 0 Å². The first kappa shape index (κ1) is 14.0. The molecule has 0 aromatic heterocycles. The van der Waals surface area contributed by atoms with Gasteiger partial charge in [-0.1, -0.05) is 33.1 Å². The van der Waals surface area contributed by atoms with Gasteiger partial charge in [0.25, 0.3) is 0 Å². The predicted octanol–water partition coefficient (Wildman–Crippen LogP) is 3.65. The van der Waals surface area contributed by atoms with E-state index in [1.165, 1.54) is 51.4 Å². The molecular weight excluding hydrogens is 222 g/mol. The Labute approximate surface area is 112 Å². The van der Waals surface area contributed by atoms with Crippen LogP contribution in [0.3, 0.4) is 0 Å². The number of carbonyl (C=O) groups is 1. The maximum absolute atomic E-state index is 11.7. The number of rotatable bonds is 4. The summed E-state index contributed by atoms with van der Waals surface area (Å²) in [5.41, 5.74) is -0.0254. The van der Waals surface area contributed by atoms with Crippen LogP contribution in [0.15, 0.2) is 0 Å². The Hall–Kier alpha value is -0.370. The summed E-state index contributed by atoms with van der Waals surface area (Å²) in [5.74, 6) is 0.730. The zero-order valence-electron chi connectivity index (χ0n) is 12.2. The maximum atomic E-state index is 11.7. The van der Waals surface area contributed by atoms with Crippen LogP contribution in [0.1, 0.15) is 65.2 Å². The van der Waals surface area contributed by atoms with E-state index in [-0.39, 0.29) is 5.41 Å². The molecule has 2 rings (SSSR count). The Morgan fingerprint density at radius 2 is 2.11 bits per heavy atom. The average Bonchev–Trinajstić information content (AvgIpc) is 2.39. The summed E-state index contributed by atoms with van der Waals surface area (Å²) in [7, 11) is 0. The molecule has 1 heterocycles. The Bertz CT molecular complexity index is 278. The van der Waals surface area contributed by atoms with E-state index in [4.69, 9.17) is 0 Å². The first-order chi connectivity index (χ1) is 8.69. The molecule has 0 amide bonds. The molecule has 2 nitrogen and oxygen atoms in total. The zero-order valence-corrected chi connectivity index (χ0v) is 12.2. The molecular formula is C16H29NO. The van der Waals surface area contributed by atoms with Gasteiger partial charge < -0.3 is 4.79 Å². The second kappa shape index (κ2) is 6.18. The molecule has 2 fully saturated rings. The molecule has 2 aliphatic rings. The molecule has 0 spiro atoms. The third-order valence-electron chi connectivity index (χ3n) is 5.11. The summed E-state index contributed by atoms with van der Waals surface area (Å²) in [6.07, 6.45) is 11.4. The third kappa shape index (κ3) is 3.14. The first-order valence-electron chi connectivity index (χ1n) is 7.89. The van der Waals surface area contributed by atoms with E-state index < -0.39 is 0 Å². The molecule has 104 valence electrons. The van der Waals surface area contributed by atoms with Gasteiger partial charge in [-0.05, 0) is 44.6 Å².